The maximum atomic E-state index is 6.39. The van der Waals surface area contributed by atoms with Gasteiger partial charge in [-0.15, -0.1) is 0 Å². The Kier molecular flexibility index (Phi) is 4.33. The van der Waals surface area contributed by atoms with Crippen molar-refractivity contribution in [2.45, 2.75) is 52.0 Å². The van der Waals surface area contributed by atoms with Crippen molar-refractivity contribution in [2.75, 3.05) is 0 Å². The average Bonchev–Trinajstić information content (AvgIpc) is 2.87. The van der Waals surface area contributed by atoms with Crippen LogP contribution in [-0.4, -0.2) is 15.8 Å². The van der Waals surface area contributed by atoms with Crippen LogP contribution in [0.15, 0.2) is 0 Å². The Balaban J connectivity index is 2.11. The number of hydrogen-bond acceptors (Lipinski definition) is 2. The van der Waals surface area contributed by atoms with E-state index in [1.54, 1.807) is 0 Å². The fraction of sp³-hybridized carbons (Fsp3) is 0.786. The van der Waals surface area contributed by atoms with Gasteiger partial charge in [-0.3, -0.25) is 4.68 Å². The topological polar surface area (TPSA) is 43.8 Å². The van der Waals surface area contributed by atoms with Gasteiger partial charge in [-0.1, -0.05) is 38.3 Å². The zero-order chi connectivity index (χ0) is 13.3. The second kappa shape index (κ2) is 5.62. The predicted molar refractivity (Wildman–Crippen MR) is 75.8 cm³/mol. The van der Waals surface area contributed by atoms with Crippen LogP contribution in [-0.2, 0) is 19.9 Å². The highest BCUT2D eigenvalue weighted by atomic mass is 35.5. The number of aryl methyl sites for hydroxylation is 2. The number of nitrogens with zero attached hydrogens (tertiary/aromatic N) is 2. The highest BCUT2D eigenvalue weighted by molar-refractivity contribution is 6.31. The van der Waals surface area contributed by atoms with Gasteiger partial charge in [0.2, 0.25) is 0 Å². The Labute approximate surface area is 115 Å². The minimum atomic E-state index is 0.208. The summed E-state index contributed by atoms with van der Waals surface area (Å²) in [7, 11) is 1.96. The smallest absolute Gasteiger partial charge is 0.0850 e. The van der Waals surface area contributed by atoms with Gasteiger partial charge in [0, 0.05) is 19.5 Å². The van der Waals surface area contributed by atoms with Crippen LogP contribution in [0.25, 0.3) is 0 Å². The summed E-state index contributed by atoms with van der Waals surface area (Å²) < 4.78 is 1.90. The molecule has 3 nitrogen and oxygen atoms in total. The molecule has 3 atom stereocenters. The standard InChI is InChI=1S/C14H24ClN3/c1-4-12-14(15)13(18(3)17-12)8-11(16)10-7-5-6-9(10)2/h9-11H,4-8,16H2,1-3H3. The van der Waals surface area contributed by atoms with E-state index in [2.05, 4.69) is 18.9 Å². The van der Waals surface area contributed by atoms with E-state index < -0.39 is 0 Å². The zero-order valence-electron chi connectivity index (χ0n) is 11.6. The monoisotopic (exact) mass is 269 g/mol. The lowest BCUT2D eigenvalue weighted by molar-refractivity contribution is 0.339. The molecular formula is C14H24ClN3. The summed E-state index contributed by atoms with van der Waals surface area (Å²) in [5.41, 5.74) is 8.47. The third-order valence-electron chi connectivity index (χ3n) is 4.41. The summed E-state index contributed by atoms with van der Waals surface area (Å²) >= 11 is 6.38. The first-order valence-electron chi connectivity index (χ1n) is 7.00. The van der Waals surface area contributed by atoms with E-state index in [9.17, 15) is 0 Å². The van der Waals surface area contributed by atoms with E-state index in [4.69, 9.17) is 17.3 Å². The van der Waals surface area contributed by atoms with Crippen molar-refractivity contribution < 1.29 is 0 Å². The summed E-state index contributed by atoms with van der Waals surface area (Å²) in [6.45, 7) is 4.40. The van der Waals surface area contributed by atoms with Gasteiger partial charge in [0.1, 0.15) is 0 Å². The van der Waals surface area contributed by atoms with Crippen LogP contribution >= 0.6 is 11.6 Å². The van der Waals surface area contributed by atoms with Crippen molar-refractivity contribution in [3.8, 4) is 0 Å². The molecule has 1 saturated carbocycles. The Morgan fingerprint density at radius 3 is 2.72 bits per heavy atom. The van der Waals surface area contributed by atoms with Gasteiger partial charge in [-0.2, -0.15) is 5.10 Å². The van der Waals surface area contributed by atoms with Crippen LogP contribution in [0, 0.1) is 11.8 Å². The molecule has 18 heavy (non-hydrogen) atoms. The van der Waals surface area contributed by atoms with Crippen molar-refractivity contribution in [3.63, 3.8) is 0 Å². The lowest BCUT2D eigenvalue weighted by Crippen LogP contribution is -2.34. The number of nitrogens with two attached hydrogens (primary N) is 1. The molecule has 1 fully saturated rings. The predicted octanol–water partition coefficient (Wildman–Crippen LogP) is 2.94. The molecule has 2 rings (SSSR count). The van der Waals surface area contributed by atoms with Gasteiger partial charge in [0.25, 0.3) is 0 Å². The molecule has 4 heteroatoms. The molecule has 0 saturated heterocycles. The minimum Gasteiger partial charge on any atom is -0.327 e. The van der Waals surface area contributed by atoms with E-state index in [1.807, 2.05) is 11.7 Å². The van der Waals surface area contributed by atoms with Crippen LogP contribution in [0.1, 0.15) is 44.5 Å². The molecule has 0 bridgehead atoms. The summed E-state index contributed by atoms with van der Waals surface area (Å²) in [4.78, 5) is 0. The Morgan fingerprint density at radius 1 is 1.50 bits per heavy atom. The fourth-order valence-electron chi connectivity index (χ4n) is 3.23. The van der Waals surface area contributed by atoms with E-state index in [0.717, 1.165) is 35.2 Å². The summed E-state index contributed by atoms with van der Waals surface area (Å²) in [5, 5.41) is 5.28. The number of aromatic nitrogens is 2. The van der Waals surface area contributed by atoms with E-state index >= 15 is 0 Å². The van der Waals surface area contributed by atoms with Crippen LogP contribution in [0.2, 0.25) is 5.02 Å². The largest absolute Gasteiger partial charge is 0.327 e. The second-order valence-electron chi connectivity index (χ2n) is 5.62. The van der Waals surface area contributed by atoms with Crippen LogP contribution in [0.4, 0.5) is 0 Å². The van der Waals surface area contributed by atoms with Gasteiger partial charge in [-0.25, -0.2) is 0 Å². The summed E-state index contributed by atoms with van der Waals surface area (Å²) in [5.74, 6) is 1.39. The average molecular weight is 270 g/mol. The zero-order valence-corrected chi connectivity index (χ0v) is 12.4. The van der Waals surface area contributed by atoms with E-state index in [-0.39, 0.29) is 6.04 Å². The SMILES string of the molecule is CCc1nn(C)c(CC(N)C2CCCC2C)c1Cl. The molecule has 0 aromatic carbocycles. The van der Waals surface area contributed by atoms with Crippen molar-refractivity contribution in [1.29, 1.82) is 0 Å². The maximum Gasteiger partial charge on any atom is 0.0850 e. The molecule has 1 aromatic heterocycles. The van der Waals surface area contributed by atoms with Gasteiger partial charge < -0.3 is 5.73 Å². The summed E-state index contributed by atoms with van der Waals surface area (Å²) in [6, 6.07) is 0.208. The van der Waals surface area contributed by atoms with Gasteiger partial charge >= 0.3 is 0 Å². The quantitative estimate of drug-likeness (QED) is 0.913. The molecule has 0 radical (unpaired) electrons. The third kappa shape index (κ3) is 2.57. The molecule has 1 heterocycles. The van der Waals surface area contributed by atoms with Gasteiger partial charge in [-0.05, 0) is 24.7 Å². The van der Waals surface area contributed by atoms with Crippen LogP contribution in [0.5, 0.6) is 0 Å². The molecule has 0 spiro atoms. The lowest BCUT2D eigenvalue weighted by atomic mass is 9.88. The van der Waals surface area contributed by atoms with Crippen LogP contribution < -0.4 is 5.73 Å². The Hall–Kier alpha value is -0.540. The second-order valence-corrected chi connectivity index (χ2v) is 6.00. The van der Waals surface area contributed by atoms with E-state index in [0.29, 0.717) is 5.92 Å². The summed E-state index contributed by atoms with van der Waals surface area (Å²) in [6.07, 6.45) is 5.62. The van der Waals surface area contributed by atoms with Crippen molar-refractivity contribution in [1.82, 2.24) is 9.78 Å². The normalized spacial score (nSPS) is 25.6. The first-order chi connectivity index (χ1) is 8.54. The number of hydrogen-bond donors (Lipinski definition) is 1. The fourth-order valence-corrected chi connectivity index (χ4v) is 3.60. The molecule has 1 aliphatic rings. The van der Waals surface area contributed by atoms with Crippen molar-refractivity contribution in [3.05, 3.63) is 16.4 Å². The number of rotatable bonds is 4. The highest BCUT2D eigenvalue weighted by Crippen LogP contribution is 2.34. The molecule has 2 N–H and O–H groups in total. The first kappa shape index (κ1) is 13.9. The molecule has 1 aromatic rings. The third-order valence-corrected chi connectivity index (χ3v) is 4.85. The molecule has 102 valence electrons. The highest BCUT2D eigenvalue weighted by Gasteiger charge is 2.30. The Bertz CT molecular complexity index is 413. The molecule has 1 aliphatic carbocycles. The first-order valence-corrected chi connectivity index (χ1v) is 7.38. The molecular weight excluding hydrogens is 246 g/mol. The maximum absolute atomic E-state index is 6.39. The molecule has 3 unspecified atom stereocenters. The number of halogens is 1. The van der Waals surface area contributed by atoms with Crippen molar-refractivity contribution in [2.24, 2.45) is 24.6 Å². The van der Waals surface area contributed by atoms with E-state index in [1.165, 1.54) is 19.3 Å². The van der Waals surface area contributed by atoms with Gasteiger partial charge in [0.15, 0.2) is 0 Å². The molecule has 0 amide bonds. The lowest BCUT2D eigenvalue weighted by Gasteiger charge is -2.23. The van der Waals surface area contributed by atoms with Crippen LogP contribution in [0.3, 0.4) is 0 Å². The Morgan fingerprint density at radius 2 is 2.22 bits per heavy atom. The van der Waals surface area contributed by atoms with Crippen molar-refractivity contribution >= 4 is 11.6 Å². The molecule has 0 aliphatic heterocycles. The minimum absolute atomic E-state index is 0.208. The van der Waals surface area contributed by atoms with Gasteiger partial charge in [0.05, 0.1) is 16.4 Å².